The van der Waals surface area contributed by atoms with Crippen LogP contribution in [-0.2, 0) is 0 Å². The van der Waals surface area contributed by atoms with Crippen LogP contribution < -0.4 is 4.90 Å². The first kappa shape index (κ1) is 10.5. The molecule has 0 radical (unpaired) electrons. The Morgan fingerprint density at radius 3 is 2.86 bits per heavy atom. The average molecular weight is 194 g/mol. The molecule has 0 spiro atoms. The fourth-order valence-electron chi connectivity index (χ4n) is 1.20. The van der Waals surface area contributed by atoms with Crippen LogP contribution in [0.25, 0.3) is 0 Å². The summed E-state index contributed by atoms with van der Waals surface area (Å²) in [6.45, 7) is 0.416. The van der Waals surface area contributed by atoms with E-state index in [4.69, 9.17) is 10.4 Å². The van der Waals surface area contributed by atoms with E-state index < -0.39 is 5.82 Å². The summed E-state index contributed by atoms with van der Waals surface area (Å²) in [5.74, 6) is -0.428. The number of likely N-dealkylation sites (N-methyl/N-ethyl adjacent to an activating group) is 1. The van der Waals surface area contributed by atoms with Gasteiger partial charge in [-0.3, -0.25) is 0 Å². The van der Waals surface area contributed by atoms with Gasteiger partial charge in [-0.1, -0.05) is 0 Å². The van der Waals surface area contributed by atoms with Crippen LogP contribution in [0.5, 0.6) is 0 Å². The molecule has 3 nitrogen and oxygen atoms in total. The van der Waals surface area contributed by atoms with Crippen LogP contribution in [0, 0.1) is 17.1 Å². The summed E-state index contributed by atoms with van der Waals surface area (Å²) in [4.78, 5) is 1.71. The summed E-state index contributed by atoms with van der Waals surface area (Å²) < 4.78 is 12.8. The van der Waals surface area contributed by atoms with Gasteiger partial charge in [0.05, 0.1) is 17.9 Å². The number of nitriles is 1. The van der Waals surface area contributed by atoms with Crippen LogP contribution in [0.3, 0.4) is 0 Å². The lowest BCUT2D eigenvalue weighted by molar-refractivity contribution is 0.304. The Morgan fingerprint density at radius 1 is 1.57 bits per heavy atom. The minimum absolute atomic E-state index is 0.00125. The van der Waals surface area contributed by atoms with Crippen LogP contribution in [0.15, 0.2) is 18.2 Å². The minimum atomic E-state index is -0.428. The summed E-state index contributed by atoms with van der Waals surface area (Å²) >= 11 is 0. The van der Waals surface area contributed by atoms with Crippen LogP contribution >= 0.6 is 0 Å². The van der Waals surface area contributed by atoms with Crippen molar-refractivity contribution >= 4 is 5.69 Å². The van der Waals surface area contributed by atoms with Crippen LogP contribution in [0.2, 0.25) is 0 Å². The SMILES string of the molecule is CN(CCO)c1ccc(F)cc1C#N. The number of anilines is 1. The van der Waals surface area contributed by atoms with E-state index in [1.807, 2.05) is 6.07 Å². The van der Waals surface area contributed by atoms with Gasteiger partial charge in [0.15, 0.2) is 0 Å². The molecule has 0 fully saturated rings. The Morgan fingerprint density at radius 2 is 2.29 bits per heavy atom. The van der Waals surface area contributed by atoms with Crippen molar-refractivity contribution in [2.24, 2.45) is 0 Å². The number of hydrogen-bond donors (Lipinski definition) is 1. The number of hydrogen-bond acceptors (Lipinski definition) is 3. The number of aliphatic hydroxyl groups excluding tert-OH is 1. The smallest absolute Gasteiger partial charge is 0.124 e. The third-order valence-electron chi connectivity index (χ3n) is 1.93. The van der Waals surface area contributed by atoms with Gasteiger partial charge >= 0.3 is 0 Å². The van der Waals surface area contributed by atoms with Crippen molar-refractivity contribution in [3.63, 3.8) is 0 Å². The number of nitrogens with zero attached hydrogens (tertiary/aromatic N) is 2. The maximum absolute atomic E-state index is 12.8. The van der Waals surface area contributed by atoms with Crippen molar-refractivity contribution in [3.8, 4) is 6.07 Å². The molecule has 0 saturated carbocycles. The molecule has 0 aliphatic rings. The zero-order valence-corrected chi connectivity index (χ0v) is 7.87. The second-order valence-electron chi connectivity index (χ2n) is 2.92. The van der Waals surface area contributed by atoms with E-state index in [-0.39, 0.29) is 12.2 Å². The van der Waals surface area contributed by atoms with Gasteiger partial charge in [-0.2, -0.15) is 5.26 Å². The van der Waals surface area contributed by atoms with Gasteiger partial charge in [-0.25, -0.2) is 4.39 Å². The summed E-state index contributed by atoms with van der Waals surface area (Å²) in [5.41, 5.74) is 0.906. The Kier molecular flexibility index (Phi) is 3.43. The molecule has 74 valence electrons. The topological polar surface area (TPSA) is 47.3 Å². The first-order valence-corrected chi connectivity index (χ1v) is 4.20. The highest BCUT2D eigenvalue weighted by atomic mass is 19.1. The largest absolute Gasteiger partial charge is 0.395 e. The molecule has 0 atom stereocenters. The Labute approximate surface area is 82.0 Å². The maximum Gasteiger partial charge on any atom is 0.124 e. The highest BCUT2D eigenvalue weighted by Gasteiger charge is 2.07. The van der Waals surface area contributed by atoms with E-state index in [2.05, 4.69) is 0 Å². The van der Waals surface area contributed by atoms with Crippen molar-refractivity contribution in [1.29, 1.82) is 5.26 Å². The minimum Gasteiger partial charge on any atom is -0.395 e. The molecule has 4 heteroatoms. The van der Waals surface area contributed by atoms with E-state index in [0.29, 0.717) is 12.2 Å². The lowest BCUT2D eigenvalue weighted by Gasteiger charge is -2.18. The van der Waals surface area contributed by atoms with Gasteiger partial charge < -0.3 is 10.0 Å². The lowest BCUT2D eigenvalue weighted by Crippen LogP contribution is -2.22. The number of aliphatic hydroxyl groups is 1. The third kappa shape index (κ3) is 2.21. The Hall–Kier alpha value is -1.60. The molecule has 14 heavy (non-hydrogen) atoms. The van der Waals surface area contributed by atoms with Gasteiger partial charge in [-0.05, 0) is 18.2 Å². The van der Waals surface area contributed by atoms with E-state index in [1.54, 1.807) is 11.9 Å². The molecular weight excluding hydrogens is 183 g/mol. The van der Waals surface area contributed by atoms with Gasteiger partial charge in [0, 0.05) is 13.6 Å². The summed E-state index contributed by atoms with van der Waals surface area (Å²) in [7, 11) is 1.74. The average Bonchev–Trinajstić information content (AvgIpc) is 2.17. The molecular formula is C10H11FN2O. The highest BCUT2D eigenvalue weighted by molar-refractivity contribution is 5.58. The van der Waals surface area contributed by atoms with Crippen LogP contribution in [0.4, 0.5) is 10.1 Å². The van der Waals surface area contributed by atoms with Crippen LogP contribution in [0.1, 0.15) is 5.56 Å². The molecule has 1 aromatic carbocycles. The van der Waals surface area contributed by atoms with Gasteiger partial charge in [0.1, 0.15) is 11.9 Å². The number of halogens is 1. The van der Waals surface area contributed by atoms with E-state index in [1.165, 1.54) is 18.2 Å². The van der Waals surface area contributed by atoms with Crippen molar-refractivity contribution in [1.82, 2.24) is 0 Å². The number of benzene rings is 1. The standard InChI is InChI=1S/C10H11FN2O/c1-13(4-5-14)10-3-2-9(11)6-8(10)7-12/h2-3,6,14H,4-5H2,1H3. The van der Waals surface area contributed by atoms with E-state index >= 15 is 0 Å². The summed E-state index contributed by atoms with van der Waals surface area (Å²) in [6, 6.07) is 5.92. The highest BCUT2D eigenvalue weighted by Crippen LogP contribution is 2.19. The van der Waals surface area contributed by atoms with Crippen LogP contribution in [-0.4, -0.2) is 25.3 Å². The second-order valence-corrected chi connectivity index (χ2v) is 2.92. The molecule has 1 N–H and O–H groups in total. The van der Waals surface area contributed by atoms with Gasteiger partial charge in [0.25, 0.3) is 0 Å². The van der Waals surface area contributed by atoms with E-state index in [0.717, 1.165) is 0 Å². The predicted molar refractivity (Wildman–Crippen MR) is 51.5 cm³/mol. The quantitative estimate of drug-likeness (QED) is 0.784. The molecule has 0 amide bonds. The van der Waals surface area contributed by atoms with Crippen molar-refractivity contribution in [3.05, 3.63) is 29.6 Å². The third-order valence-corrected chi connectivity index (χ3v) is 1.93. The van der Waals surface area contributed by atoms with Gasteiger partial charge in [-0.15, -0.1) is 0 Å². The normalized spacial score (nSPS) is 9.57. The zero-order valence-electron chi connectivity index (χ0n) is 7.87. The van der Waals surface area contributed by atoms with Crippen molar-refractivity contribution in [2.75, 3.05) is 25.1 Å². The monoisotopic (exact) mass is 194 g/mol. The lowest BCUT2D eigenvalue weighted by atomic mass is 10.2. The Bertz CT molecular complexity index is 360. The fourth-order valence-corrected chi connectivity index (χ4v) is 1.20. The Balaban J connectivity index is 3.03. The van der Waals surface area contributed by atoms with Crippen molar-refractivity contribution in [2.45, 2.75) is 0 Å². The molecule has 0 bridgehead atoms. The molecule has 0 heterocycles. The molecule has 0 unspecified atom stereocenters. The van der Waals surface area contributed by atoms with E-state index in [9.17, 15) is 4.39 Å². The number of rotatable bonds is 3. The molecule has 0 saturated heterocycles. The summed E-state index contributed by atoms with van der Waals surface area (Å²) in [5, 5.41) is 17.5. The molecule has 0 aliphatic carbocycles. The molecule has 1 aromatic rings. The van der Waals surface area contributed by atoms with Gasteiger partial charge in [0.2, 0.25) is 0 Å². The first-order chi connectivity index (χ1) is 6.69. The molecule has 0 aliphatic heterocycles. The fraction of sp³-hybridized carbons (Fsp3) is 0.300. The first-order valence-electron chi connectivity index (χ1n) is 4.20. The van der Waals surface area contributed by atoms with Crippen molar-refractivity contribution < 1.29 is 9.50 Å². The molecule has 1 rings (SSSR count). The predicted octanol–water partition coefficient (Wildman–Crippen LogP) is 1.13. The zero-order chi connectivity index (χ0) is 10.6. The summed E-state index contributed by atoms with van der Waals surface area (Å²) in [6.07, 6.45) is 0. The maximum atomic E-state index is 12.8. The molecule has 0 aromatic heterocycles. The second kappa shape index (κ2) is 4.58.